The third kappa shape index (κ3) is 11.7. The van der Waals surface area contributed by atoms with Crippen LogP contribution in [-0.4, -0.2) is 17.8 Å². The Labute approximate surface area is 205 Å². The SMILES string of the molecule is CC1=[C-]C(C)C(C)=C1C.Cc1ccc(S(=O)(=O)[SiH2])cc1.[C-]1=CC=CC1.[Cl-].[Cl-].[Zr+4]. The van der Waals surface area contributed by atoms with Gasteiger partial charge in [0.2, 0.25) is 0 Å². The molecule has 0 aromatic heterocycles. The molecule has 151 valence electrons. The van der Waals surface area contributed by atoms with Gasteiger partial charge in [0.15, 0.2) is 9.39 Å². The molecule has 2 nitrogen and oxygen atoms in total. The summed E-state index contributed by atoms with van der Waals surface area (Å²) in [5.41, 5.74) is 5.32. The van der Waals surface area contributed by atoms with Crippen LogP contribution in [0.4, 0.5) is 0 Å². The van der Waals surface area contributed by atoms with Gasteiger partial charge in [-0.3, -0.25) is 12.2 Å². The fourth-order valence-electron chi connectivity index (χ4n) is 2.25. The van der Waals surface area contributed by atoms with Crippen LogP contribution in [0.25, 0.3) is 0 Å². The van der Waals surface area contributed by atoms with Crippen LogP contribution in [0.2, 0.25) is 0 Å². The van der Waals surface area contributed by atoms with E-state index in [0.717, 1.165) is 21.4 Å². The van der Waals surface area contributed by atoms with Crippen molar-refractivity contribution in [1.82, 2.24) is 0 Å². The van der Waals surface area contributed by atoms with Gasteiger partial charge in [-0.05, 0) is 19.1 Å². The van der Waals surface area contributed by atoms with Crippen LogP contribution >= 0.6 is 0 Å². The first-order valence-corrected chi connectivity index (χ1v) is 11.7. The third-order valence-corrected chi connectivity index (χ3v) is 6.19. The first kappa shape index (κ1) is 32.5. The molecule has 28 heavy (non-hydrogen) atoms. The van der Waals surface area contributed by atoms with Gasteiger partial charge < -0.3 is 24.8 Å². The van der Waals surface area contributed by atoms with E-state index in [-0.39, 0.29) is 51.0 Å². The second kappa shape index (κ2) is 15.6. The summed E-state index contributed by atoms with van der Waals surface area (Å²) in [5.74, 6) is 0.560. The molecule has 1 unspecified atom stereocenters. The van der Waals surface area contributed by atoms with Crippen molar-refractivity contribution in [3.05, 3.63) is 76.9 Å². The Bertz CT molecular complexity index is 801. The summed E-state index contributed by atoms with van der Waals surface area (Å²) in [6, 6.07) is 6.83. The predicted octanol–water partition coefficient (Wildman–Crippen LogP) is -1.65. The van der Waals surface area contributed by atoms with E-state index in [1.807, 2.05) is 19.1 Å². The number of benzene rings is 1. The van der Waals surface area contributed by atoms with Gasteiger partial charge in [0.25, 0.3) is 0 Å². The molecule has 7 heteroatoms. The van der Waals surface area contributed by atoms with Crippen molar-refractivity contribution in [2.75, 3.05) is 0 Å². The van der Waals surface area contributed by atoms with Gasteiger partial charge in [0.05, 0.1) is 4.90 Å². The summed E-state index contributed by atoms with van der Waals surface area (Å²) in [6.07, 6.45) is 13.4. The Morgan fingerprint density at radius 3 is 1.79 bits per heavy atom. The quantitative estimate of drug-likeness (QED) is 0.320. The van der Waals surface area contributed by atoms with E-state index in [9.17, 15) is 8.42 Å². The van der Waals surface area contributed by atoms with E-state index < -0.39 is 9.29 Å². The molecule has 0 fully saturated rings. The van der Waals surface area contributed by atoms with Crippen LogP contribution in [0.5, 0.6) is 0 Å². The second-order valence-corrected chi connectivity index (χ2v) is 10.2. The average Bonchev–Trinajstić information content (AvgIpc) is 3.18. The van der Waals surface area contributed by atoms with Gasteiger partial charge in [-0.1, -0.05) is 44.4 Å². The minimum Gasteiger partial charge on any atom is -1.00 e. The van der Waals surface area contributed by atoms with Crippen molar-refractivity contribution in [1.29, 1.82) is 0 Å². The molecule has 0 aliphatic heterocycles. The third-order valence-electron chi connectivity index (χ3n) is 4.20. The normalized spacial score (nSPS) is 16.4. The number of aryl methyl sites for hydroxylation is 1. The van der Waals surface area contributed by atoms with Crippen molar-refractivity contribution in [3.8, 4) is 0 Å². The molecule has 3 rings (SSSR count). The molecule has 0 saturated carbocycles. The number of hydrogen-bond acceptors (Lipinski definition) is 2. The van der Waals surface area contributed by atoms with E-state index in [1.165, 1.54) is 16.7 Å². The van der Waals surface area contributed by atoms with Gasteiger partial charge >= 0.3 is 26.2 Å². The van der Waals surface area contributed by atoms with Gasteiger partial charge in [0, 0.05) is 0 Å². The molecule has 0 amide bonds. The zero-order chi connectivity index (χ0) is 19.0. The topological polar surface area (TPSA) is 34.1 Å². The molecule has 1 radical (unpaired) electrons. The van der Waals surface area contributed by atoms with Crippen LogP contribution in [0.3, 0.4) is 0 Å². The van der Waals surface area contributed by atoms with E-state index in [4.69, 9.17) is 0 Å². The van der Waals surface area contributed by atoms with E-state index >= 15 is 0 Å². The molecule has 0 spiro atoms. The van der Waals surface area contributed by atoms with Gasteiger partial charge in [0.1, 0.15) is 9.29 Å². The molecule has 0 saturated heterocycles. The number of hydrogen-bond donors (Lipinski definition) is 0. The summed E-state index contributed by atoms with van der Waals surface area (Å²) in [6.45, 7) is 10.6. The number of halogens is 2. The van der Waals surface area contributed by atoms with E-state index in [0.29, 0.717) is 10.8 Å². The van der Waals surface area contributed by atoms with Gasteiger partial charge in [-0.2, -0.15) is 17.2 Å². The first-order valence-electron chi connectivity index (χ1n) is 8.27. The number of allylic oxidation sites excluding steroid dienone is 8. The Kier molecular flexibility index (Phi) is 18.1. The smallest absolute Gasteiger partial charge is 1.00 e. The molecule has 1 aromatic carbocycles. The Morgan fingerprint density at radius 1 is 1.04 bits per heavy atom. The first-order chi connectivity index (χ1) is 11.6. The molecule has 1 aromatic rings. The van der Waals surface area contributed by atoms with Crippen molar-refractivity contribution in [2.24, 2.45) is 5.92 Å². The van der Waals surface area contributed by atoms with Crippen LogP contribution in [-0.2, 0) is 35.5 Å². The molecule has 0 heterocycles. The molecule has 1 atom stereocenters. The van der Waals surface area contributed by atoms with Crippen LogP contribution in [0, 0.1) is 25.0 Å². The monoisotopic (exact) mass is 531 g/mol. The van der Waals surface area contributed by atoms with Crippen LogP contribution in [0.1, 0.15) is 39.7 Å². The summed E-state index contributed by atoms with van der Waals surface area (Å²) in [5, 5.41) is 0. The Morgan fingerprint density at radius 2 is 1.57 bits per heavy atom. The minimum absolute atomic E-state index is 0. The van der Waals surface area contributed by atoms with Crippen LogP contribution in [0.15, 0.2) is 64.1 Å². The Balaban J connectivity index is -0.000000335. The molecular weight excluding hydrogens is 507 g/mol. The maximum absolute atomic E-state index is 11.0. The maximum Gasteiger partial charge on any atom is 4.00 e. The summed E-state index contributed by atoms with van der Waals surface area (Å²) in [4.78, 5) is 0.390. The molecule has 2 aliphatic rings. The van der Waals surface area contributed by atoms with E-state index in [2.05, 4.69) is 45.9 Å². The van der Waals surface area contributed by atoms with Crippen molar-refractivity contribution in [2.45, 2.75) is 45.9 Å². The summed E-state index contributed by atoms with van der Waals surface area (Å²) >= 11 is 0. The zero-order valence-corrected chi connectivity index (χ0v) is 23.2. The zero-order valence-electron chi connectivity index (χ0n) is 17.0. The van der Waals surface area contributed by atoms with Crippen molar-refractivity contribution in [3.63, 3.8) is 0 Å². The van der Waals surface area contributed by atoms with E-state index in [1.54, 1.807) is 24.3 Å². The number of rotatable bonds is 1. The molecule has 2 aliphatic carbocycles. The van der Waals surface area contributed by atoms with Crippen molar-refractivity contribution >= 4 is 18.7 Å². The summed E-state index contributed by atoms with van der Waals surface area (Å²) < 4.78 is 21.9. The predicted molar refractivity (Wildman–Crippen MR) is 108 cm³/mol. The summed E-state index contributed by atoms with van der Waals surface area (Å²) in [7, 11) is -1.99. The van der Waals surface area contributed by atoms with Gasteiger partial charge in [-0.25, -0.2) is 26.1 Å². The average molecular weight is 534 g/mol. The largest absolute Gasteiger partial charge is 4.00 e. The maximum atomic E-state index is 11.0. The minimum atomic E-state index is -2.99. The standard InChI is InChI=1S/C9H13.C7H9O2SSi.C5H5.2ClH.Zr/c1-6-5-7(2)9(4)8(6)3;1-6-2-4-7(5-3-6)10(8,9)11;1-2-4-5-3-1;;;/h6H,1-4H3;2-5H,11H2,1H3;1-3H,4H2;2*1H;/q-1;;-1;;;+4/p-2. The molecule has 0 N–H and O–H groups in total. The Hall–Kier alpha value is -0.190. The molecule has 0 bridgehead atoms. The van der Waals surface area contributed by atoms with Crippen LogP contribution < -0.4 is 24.8 Å². The fraction of sp³-hybridized carbons (Fsp3) is 0.333. The fourth-order valence-corrected chi connectivity index (χ4v) is 3.38. The molecular formula is C21H27Cl2O2SSiZr. The van der Waals surface area contributed by atoms with Crippen molar-refractivity contribution < 1.29 is 59.4 Å². The second-order valence-electron chi connectivity index (χ2n) is 6.23. The van der Waals surface area contributed by atoms with Gasteiger partial charge in [-0.15, -0.1) is 13.3 Å².